The Kier molecular flexibility index (Phi) is 6.24. The van der Waals surface area contributed by atoms with Gasteiger partial charge < -0.3 is 21.0 Å². The van der Waals surface area contributed by atoms with Crippen LogP contribution in [-0.2, 0) is 0 Å². The molecule has 11 heteroatoms. The maximum atomic E-state index is 14.9. The number of hydrogen-bond donors (Lipinski definition) is 2. The zero-order valence-electron chi connectivity index (χ0n) is 17.8. The molecule has 2 aromatic carbocycles. The van der Waals surface area contributed by atoms with E-state index in [-0.39, 0.29) is 11.3 Å². The molecule has 0 saturated carbocycles. The van der Waals surface area contributed by atoms with Crippen molar-refractivity contribution in [3.05, 3.63) is 90.1 Å². The van der Waals surface area contributed by atoms with E-state index in [1.165, 1.54) is 18.3 Å². The van der Waals surface area contributed by atoms with E-state index >= 15 is 0 Å². The molecule has 0 fully saturated rings. The Hall–Kier alpha value is -4.67. The van der Waals surface area contributed by atoms with Crippen molar-refractivity contribution < 1.29 is 27.4 Å². The molecule has 0 aliphatic heterocycles. The molecular formula is C24H16F4N5O2-. The van der Waals surface area contributed by atoms with Crippen molar-refractivity contribution in [2.45, 2.75) is 6.36 Å². The second kappa shape index (κ2) is 9.29. The van der Waals surface area contributed by atoms with Crippen LogP contribution in [0.3, 0.4) is 0 Å². The molecule has 2 heterocycles. The molecule has 2 aromatic heterocycles. The van der Waals surface area contributed by atoms with Crippen molar-refractivity contribution in [3.8, 4) is 17.0 Å². The molecule has 3 N–H and O–H groups in total. The van der Waals surface area contributed by atoms with Crippen molar-refractivity contribution in [2.24, 2.45) is 10.7 Å². The van der Waals surface area contributed by atoms with Gasteiger partial charge >= 0.3 is 6.36 Å². The minimum Gasteiger partial charge on any atom is -0.858 e. The Morgan fingerprint density at radius 1 is 1.11 bits per heavy atom. The number of ether oxygens (including phenoxy) is 1. The Morgan fingerprint density at radius 3 is 2.49 bits per heavy atom. The first-order valence-corrected chi connectivity index (χ1v) is 10.00. The van der Waals surface area contributed by atoms with Gasteiger partial charge in [-0.25, -0.2) is 9.37 Å². The summed E-state index contributed by atoms with van der Waals surface area (Å²) < 4.78 is 57.1. The summed E-state index contributed by atoms with van der Waals surface area (Å²) in [5.41, 5.74) is 7.99. The number of imidazole rings is 1. The summed E-state index contributed by atoms with van der Waals surface area (Å²) in [6.07, 6.45) is 0.815. The maximum Gasteiger partial charge on any atom is 0.573 e. The highest BCUT2D eigenvalue weighted by Crippen LogP contribution is 2.27. The fraction of sp³-hybridized carbons (Fsp3) is 0.0417. The van der Waals surface area contributed by atoms with Crippen LogP contribution >= 0.6 is 0 Å². The first-order chi connectivity index (χ1) is 16.7. The largest absolute Gasteiger partial charge is 0.858 e. The van der Waals surface area contributed by atoms with Crippen LogP contribution < -0.4 is 15.6 Å². The lowest BCUT2D eigenvalue weighted by atomic mass is 10.1. The third kappa shape index (κ3) is 5.13. The van der Waals surface area contributed by atoms with Crippen LogP contribution in [0.2, 0.25) is 0 Å². The third-order valence-corrected chi connectivity index (χ3v) is 4.97. The van der Waals surface area contributed by atoms with Gasteiger partial charge in [0.05, 0.1) is 17.6 Å². The van der Waals surface area contributed by atoms with E-state index < -0.39 is 23.8 Å². The van der Waals surface area contributed by atoms with E-state index in [0.717, 1.165) is 36.5 Å². The van der Waals surface area contributed by atoms with Crippen molar-refractivity contribution in [1.29, 1.82) is 5.41 Å². The number of hydrogen-bond acceptors (Lipinski definition) is 6. The number of halogens is 4. The van der Waals surface area contributed by atoms with Gasteiger partial charge in [-0.15, -0.1) is 13.2 Å². The number of nitrogens with two attached hydrogens (primary N) is 1. The summed E-state index contributed by atoms with van der Waals surface area (Å²) in [5, 5.41) is 19.9. The Labute approximate surface area is 196 Å². The molecule has 7 nitrogen and oxygen atoms in total. The first kappa shape index (κ1) is 23.5. The SMILES string of the molecule is N=C/C(=C\N)c1ccc2ncc(-c3ccc(C([O-])=Nc4ccc(OC(F)(F)F)cc4)c(F)c3)n2c1. The Balaban J connectivity index is 1.63. The van der Waals surface area contributed by atoms with Crippen LogP contribution in [0.4, 0.5) is 23.2 Å². The van der Waals surface area contributed by atoms with Gasteiger partial charge in [0.15, 0.2) is 0 Å². The number of aliphatic imine (C=N–C) groups is 1. The van der Waals surface area contributed by atoms with Crippen LogP contribution in [0, 0.1) is 11.2 Å². The second-order valence-corrected chi connectivity index (χ2v) is 7.21. The van der Waals surface area contributed by atoms with Crippen molar-refractivity contribution in [2.75, 3.05) is 0 Å². The van der Waals surface area contributed by atoms with E-state index in [1.807, 2.05) is 0 Å². The molecule has 4 rings (SSSR count). The summed E-state index contributed by atoms with van der Waals surface area (Å²) in [6, 6.07) is 11.7. The fourth-order valence-electron chi connectivity index (χ4n) is 3.34. The van der Waals surface area contributed by atoms with Crippen molar-refractivity contribution >= 4 is 29.0 Å². The lowest BCUT2D eigenvalue weighted by Gasteiger charge is -2.14. The number of nitrogens with zero attached hydrogens (tertiary/aromatic N) is 3. The van der Waals surface area contributed by atoms with E-state index in [2.05, 4.69) is 14.7 Å². The molecule has 35 heavy (non-hydrogen) atoms. The van der Waals surface area contributed by atoms with E-state index in [0.29, 0.717) is 28.0 Å². The molecule has 0 saturated heterocycles. The van der Waals surface area contributed by atoms with Gasteiger partial charge in [-0.05, 0) is 48.4 Å². The zero-order valence-corrected chi connectivity index (χ0v) is 17.8. The zero-order chi connectivity index (χ0) is 25.2. The molecule has 0 radical (unpaired) electrons. The third-order valence-electron chi connectivity index (χ3n) is 4.97. The van der Waals surface area contributed by atoms with Gasteiger partial charge in [-0.2, -0.15) is 0 Å². The maximum absolute atomic E-state index is 14.9. The smallest absolute Gasteiger partial charge is 0.573 e. The summed E-state index contributed by atoms with van der Waals surface area (Å²) in [4.78, 5) is 8.03. The van der Waals surface area contributed by atoms with E-state index in [4.69, 9.17) is 11.1 Å². The molecular weight excluding hydrogens is 466 g/mol. The standard InChI is InChI=1S/C24H17F4N5O2/c25-20-9-14(21-12-31-22-8-2-15(13-33(21)22)16(10-29)11-30)1-7-19(20)23(34)32-17-3-5-18(6-4-17)35-24(26,27)28/h1-13,29H,30H2,(H,32,34)/p-1/b16-11+,29-10?. The molecule has 0 atom stereocenters. The first-order valence-electron chi connectivity index (χ1n) is 10.00. The van der Waals surface area contributed by atoms with Crippen molar-refractivity contribution in [1.82, 2.24) is 9.38 Å². The molecule has 4 aromatic rings. The summed E-state index contributed by atoms with van der Waals surface area (Å²) >= 11 is 0. The summed E-state index contributed by atoms with van der Waals surface area (Å²) in [7, 11) is 0. The predicted octanol–water partition coefficient (Wildman–Crippen LogP) is 4.43. The van der Waals surface area contributed by atoms with E-state index in [1.54, 1.807) is 28.9 Å². The van der Waals surface area contributed by atoms with Crippen LogP contribution in [0.15, 0.2) is 78.2 Å². The van der Waals surface area contributed by atoms with Gasteiger partial charge in [0.2, 0.25) is 0 Å². The van der Waals surface area contributed by atoms with Gasteiger partial charge in [0, 0.05) is 40.9 Å². The van der Waals surface area contributed by atoms with Gasteiger partial charge in [-0.3, -0.25) is 9.39 Å². The Morgan fingerprint density at radius 2 is 1.86 bits per heavy atom. The topological polar surface area (TPSA) is 112 Å². The lowest BCUT2D eigenvalue weighted by Crippen LogP contribution is -2.20. The lowest BCUT2D eigenvalue weighted by molar-refractivity contribution is -0.274. The van der Waals surface area contributed by atoms with Crippen LogP contribution in [-0.4, -0.2) is 27.9 Å². The van der Waals surface area contributed by atoms with Crippen LogP contribution in [0.1, 0.15) is 11.1 Å². The quantitative estimate of drug-likeness (QED) is 0.241. The van der Waals surface area contributed by atoms with Crippen LogP contribution in [0.25, 0.3) is 22.5 Å². The number of fused-ring (bicyclic) bond motifs is 1. The minimum atomic E-state index is -4.84. The highest BCUT2D eigenvalue weighted by molar-refractivity contribution is 6.08. The molecule has 0 unspecified atom stereocenters. The number of pyridine rings is 1. The number of benzene rings is 2. The average Bonchev–Trinajstić information content (AvgIpc) is 3.23. The molecule has 0 aliphatic rings. The van der Waals surface area contributed by atoms with Gasteiger partial charge in [-0.1, -0.05) is 12.1 Å². The number of aromatic nitrogens is 2. The predicted molar refractivity (Wildman–Crippen MR) is 121 cm³/mol. The number of allylic oxidation sites excluding steroid dienone is 1. The second-order valence-electron chi connectivity index (χ2n) is 7.21. The van der Waals surface area contributed by atoms with E-state index in [9.17, 15) is 22.7 Å². The number of nitrogens with one attached hydrogen (secondary N) is 1. The van der Waals surface area contributed by atoms with Gasteiger partial charge in [0.1, 0.15) is 17.2 Å². The number of rotatable bonds is 6. The normalized spacial score (nSPS) is 12.7. The molecule has 0 spiro atoms. The number of alkyl halides is 3. The molecule has 0 bridgehead atoms. The summed E-state index contributed by atoms with van der Waals surface area (Å²) in [5.74, 6) is -2.20. The minimum absolute atomic E-state index is 0.0391. The Bertz CT molecular complexity index is 1460. The van der Waals surface area contributed by atoms with Crippen molar-refractivity contribution in [3.63, 3.8) is 0 Å². The highest BCUT2D eigenvalue weighted by atomic mass is 19.4. The molecule has 0 aliphatic carbocycles. The fourth-order valence-corrected chi connectivity index (χ4v) is 3.34. The monoisotopic (exact) mass is 482 g/mol. The molecule has 0 amide bonds. The highest BCUT2D eigenvalue weighted by Gasteiger charge is 2.30. The van der Waals surface area contributed by atoms with Gasteiger partial charge in [0.25, 0.3) is 0 Å². The van der Waals surface area contributed by atoms with Crippen LogP contribution in [0.5, 0.6) is 5.75 Å². The molecule has 178 valence electrons. The average molecular weight is 482 g/mol. The summed E-state index contributed by atoms with van der Waals surface area (Å²) in [6.45, 7) is 0.